The molecule has 2 aromatic rings. The van der Waals surface area contributed by atoms with Crippen LogP contribution in [0, 0.1) is 5.82 Å². The molecule has 0 bridgehead atoms. The molecule has 2 atom stereocenters. The number of hydrogen-bond acceptors (Lipinski definition) is 5. The van der Waals surface area contributed by atoms with Crippen LogP contribution in [0.3, 0.4) is 0 Å². The Hall–Kier alpha value is -1.67. The molecule has 1 N–H and O–H groups in total. The molecule has 30 heavy (non-hydrogen) atoms. The van der Waals surface area contributed by atoms with E-state index in [1.54, 1.807) is 12.1 Å². The number of fused-ring (bicyclic) bond motifs is 1. The Morgan fingerprint density at radius 1 is 1.17 bits per heavy atom. The number of sulfone groups is 1. The van der Waals surface area contributed by atoms with Gasteiger partial charge in [0.2, 0.25) is 9.84 Å². The summed E-state index contributed by atoms with van der Waals surface area (Å²) in [6.45, 7) is 3.82. The van der Waals surface area contributed by atoms with Crippen molar-refractivity contribution < 1.29 is 17.5 Å². The summed E-state index contributed by atoms with van der Waals surface area (Å²) in [6.07, 6.45) is 3.15. The van der Waals surface area contributed by atoms with Crippen molar-refractivity contribution in [2.45, 2.75) is 41.0 Å². The van der Waals surface area contributed by atoms with Crippen LogP contribution in [0.4, 0.5) is 4.39 Å². The van der Waals surface area contributed by atoms with Gasteiger partial charge >= 0.3 is 0 Å². The molecule has 164 valence electrons. The Kier molecular flexibility index (Phi) is 7.39. The van der Waals surface area contributed by atoms with E-state index in [4.69, 9.17) is 4.74 Å². The minimum Gasteiger partial charge on any atom is -0.493 e. The van der Waals surface area contributed by atoms with Crippen LogP contribution in [-0.4, -0.2) is 52.6 Å². The molecule has 0 spiro atoms. The Balaban J connectivity index is 0.00000256. The lowest BCUT2D eigenvalue weighted by Gasteiger charge is -2.28. The van der Waals surface area contributed by atoms with Crippen molar-refractivity contribution in [1.29, 1.82) is 0 Å². The van der Waals surface area contributed by atoms with Gasteiger partial charge in [-0.2, -0.15) is 0 Å². The molecular formula is C22H28ClFN2O3S. The van der Waals surface area contributed by atoms with E-state index in [1.165, 1.54) is 24.6 Å². The molecule has 0 saturated carbocycles. The summed E-state index contributed by atoms with van der Waals surface area (Å²) >= 11 is 0. The number of ether oxygens (including phenoxy) is 1. The third-order valence-electron chi connectivity index (χ3n) is 6.04. The number of nitrogens with zero attached hydrogens (tertiary/aromatic N) is 1. The fourth-order valence-electron chi connectivity index (χ4n) is 4.29. The van der Waals surface area contributed by atoms with Crippen molar-refractivity contribution in [3.05, 3.63) is 53.8 Å². The van der Waals surface area contributed by atoms with Gasteiger partial charge in [-0.05, 0) is 81.2 Å². The summed E-state index contributed by atoms with van der Waals surface area (Å²) in [5.74, 6) is 0.425. The zero-order valence-electron chi connectivity index (χ0n) is 17.0. The van der Waals surface area contributed by atoms with Crippen molar-refractivity contribution in [3.63, 3.8) is 0 Å². The van der Waals surface area contributed by atoms with E-state index in [0.717, 1.165) is 44.1 Å². The van der Waals surface area contributed by atoms with Gasteiger partial charge in [-0.25, -0.2) is 12.8 Å². The second-order valence-electron chi connectivity index (χ2n) is 7.86. The topological polar surface area (TPSA) is 58.6 Å². The summed E-state index contributed by atoms with van der Waals surface area (Å²) < 4.78 is 45.0. The maximum absolute atomic E-state index is 13.5. The van der Waals surface area contributed by atoms with E-state index < -0.39 is 15.7 Å². The molecule has 2 unspecified atom stereocenters. The number of halogens is 2. The van der Waals surface area contributed by atoms with Gasteiger partial charge in [0, 0.05) is 12.6 Å². The summed E-state index contributed by atoms with van der Waals surface area (Å²) in [7, 11) is -1.77. The normalized spacial score (nSPS) is 21.5. The highest BCUT2D eigenvalue weighted by Crippen LogP contribution is 2.38. The van der Waals surface area contributed by atoms with Crippen LogP contribution in [-0.2, 0) is 9.84 Å². The van der Waals surface area contributed by atoms with Crippen LogP contribution in [0.2, 0.25) is 0 Å². The average Bonchev–Trinajstić information content (AvgIpc) is 3.20. The number of rotatable bonds is 6. The SMILES string of the molecule is CNC1CCN(CCC2CCOc3cc(S(=O)(=O)c4cccc(F)c4)ccc32)C1.Cl. The van der Waals surface area contributed by atoms with Crippen molar-refractivity contribution >= 4 is 22.2 Å². The lowest BCUT2D eigenvalue weighted by atomic mass is 9.90. The number of benzene rings is 2. The van der Waals surface area contributed by atoms with Crippen LogP contribution in [0.1, 0.15) is 30.7 Å². The predicted molar refractivity (Wildman–Crippen MR) is 117 cm³/mol. The highest BCUT2D eigenvalue weighted by molar-refractivity contribution is 7.91. The van der Waals surface area contributed by atoms with Crippen LogP contribution < -0.4 is 10.1 Å². The molecule has 2 aliphatic rings. The zero-order valence-corrected chi connectivity index (χ0v) is 18.6. The molecule has 4 rings (SSSR count). The van der Waals surface area contributed by atoms with Crippen molar-refractivity contribution in [2.24, 2.45) is 0 Å². The quantitative estimate of drug-likeness (QED) is 0.722. The maximum atomic E-state index is 13.5. The van der Waals surface area contributed by atoms with Crippen molar-refractivity contribution in [2.75, 3.05) is 33.3 Å². The van der Waals surface area contributed by atoms with Gasteiger partial charge < -0.3 is 15.0 Å². The van der Waals surface area contributed by atoms with Crippen LogP contribution in [0.15, 0.2) is 52.3 Å². The molecule has 0 aromatic heterocycles. The smallest absolute Gasteiger partial charge is 0.206 e. The third kappa shape index (κ3) is 4.80. The Labute approximate surface area is 183 Å². The number of hydrogen-bond donors (Lipinski definition) is 1. The van der Waals surface area contributed by atoms with E-state index in [9.17, 15) is 12.8 Å². The van der Waals surface area contributed by atoms with Gasteiger partial charge in [0.15, 0.2) is 0 Å². The van der Waals surface area contributed by atoms with Gasteiger partial charge in [-0.3, -0.25) is 0 Å². The van der Waals surface area contributed by atoms with E-state index in [0.29, 0.717) is 24.3 Å². The molecule has 5 nitrogen and oxygen atoms in total. The van der Waals surface area contributed by atoms with E-state index >= 15 is 0 Å². The minimum absolute atomic E-state index is 0. The average molecular weight is 455 g/mol. The van der Waals surface area contributed by atoms with Gasteiger partial charge in [-0.15, -0.1) is 12.4 Å². The van der Waals surface area contributed by atoms with E-state index in [1.807, 2.05) is 13.1 Å². The summed E-state index contributed by atoms with van der Waals surface area (Å²) in [5, 5.41) is 3.34. The van der Waals surface area contributed by atoms with Crippen LogP contribution in [0.25, 0.3) is 0 Å². The lowest BCUT2D eigenvalue weighted by molar-refractivity contribution is 0.245. The first-order chi connectivity index (χ1) is 14.0. The first-order valence-corrected chi connectivity index (χ1v) is 11.6. The number of nitrogens with one attached hydrogen (secondary N) is 1. The molecule has 1 saturated heterocycles. The molecule has 2 aromatic carbocycles. The standard InChI is InChI=1S/C22H27FN2O3S.ClH/c1-24-18-8-11-25(15-18)10-7-16-9-12-28-22-14-20(5-6-21(16)22)29(26,27)19-4-2-3-17(23)13-19;/h2-6,13-14,16,18,24H,7-12,15H2,1H3;1H. The Morgan fingerprint density at radius 3 is 2.70 bits per heavy atom. The molecule has 0 radical (unpaired) electrons. The first kappa shape index (κ1) is 23.0. The largest absolute Gasteiger partial charge is 0.493 e. The molecular weight excluding hydrogens is 427 g/mol. The summed E-state index contributed by atoms with van der Waals surface area (Å²) in [6, 6.07) is 10.8. The highest BCUT2D eigenvalue weighted by Gasteiger charge is 2.27. The first-order valence-electron chi connectivity index (χ1n) is 10.1. The Morgan fingerprint density at radius 2 is 1.97 bits per heavy atom. The second-order valence-corrected chi connectivity index (χ2v) is 9.81. The fraction of sp³-hybridized carbons (Fsp3) is 0.455. The van der Waals surface area contributed by atoms with Crippen molar-refractivity contribution in [3.8, 4) is 5.75 Å². The monoisotopic (exact) mass is 454 g/mol. The second kappa shape index (κ2) is 9.64. The maximum Gasteiger partial charge on any atom is 0.206 e. The van der Waals surface area contributed by atoms with Gasteiger partial charge in [0.1, 0.15) is 11.6 Å². The lowest BCUT2D eigenvalue weighted by Crippen LogP contribution is -2.30. The minimum atomic E-state index is -3.78. The third-order valence-corrected chi connectivity index (χ3v) is 7.79. The molecule has 0 amide bonds. The van der Waals surface area contributed by atoms with Gasteiger partial charge in [0.25, 0.3) is 0 Å². The van der Waals surface area contributed by atoms with E-state index in [2.05, 4.69) is 10.2 Å². The number of likely N-dealkylation sites (tertiary alicyclic amines) is 1. The highest BCUT2D eigenvalue weighted by atomic mass is 35.5. The summed E-state index contributed by atoms with van der Waals surface area (Å²) in [5.41, 5.74) is 1.07. The zero-order chi connectivity index (χ0) is 20.4. The fourth-order valence-corrected chi connectivity index (χ4v) is 5.60. The summed E-state index contributed by atoms with van der Waals surface area (Å²) in [4.78, 5) is 2.58. The van der Waals surface area contributed by atoms with Gasteiger partial charge in [0.05, 0.1) is 16.4 Å². The van der Waals surface area contributed by atoms with E-state index in [-0.39, 0.29) is 22.2 Å². The molecule has 2 aliphatic heterocycles. The Bertz CT molecular complexity index is 986. The van der Waals surface area contributed by atoms with Crippen molar-refractivity contribution in [1.82, 2.24) is 10.2 Å². The number of likely N-dealkylation sites (N-methyl/N-ethyl adjacent to an activating group) is 1. The van der Waals surface area contributed by atoms with Crippen LogP contribution in [0.5, 0.6) is 5.75 Å². The molecule has 0 aliphatic carbocycles. The molecule has 8 heteroatoms. The molecule has 1 fully saturated rings. The molecule has 2 heterocycles. The van der Waals surface area contributed by atoms with Crippen LogP contribution >= 0.6 is 12.4 Å². The van der Waals surface area contributed by atoms with Gasteiger partial charge in [-0.1, -0.05) is 12.1 Å². The predicted octanol–water partition coefficient (Wildman–Crippen LogP) is 3.63.